The van der Waals surface area contributed by atoms with E-state index in [-0.39, 0.29) is 23.9 Å². The third-order valence-electron chi connectivity index (χ3n) is 3.25. The molecule has 0 spiro atoms. The normalized spacial score (nSPS) is 17.2. The van der Waals surface area contributed by atoms with Gasteiger partial charge in [-0.15, -0.1) is 5.10 Å². The molecule has 1 saturated carbocycles. The lowest BCUT2D eigenvalue weighted by molar-refractivity contribution is -0.141. The highest BCUT2D eigenvalue weighted by molar-refractivity contribution is 7.90. The van der Waals surface area contributed by atoms with Crippen LogP contribution in [0.2, 0.25) is 0 Å². The molecule has 1 fully saturated rings. The predicted octanol–water partition coefficient (Wildman–Crippen LogP) is 0.0732. The largest absolute Gasteiger partial charge is 0.469 e. The number of carbonyl (C=O) groups excluding carboxylic acids is 1. The van der Waals surface area contributed by atoms with Gasteiger partial charge in [0.15, 0.2) is 9.84 Å². The van der Waals surface area contributed by atoms with Crippen LogP contribution in [0.15, 0.2) is 6.20 Å². The molecule has 7 nitrogen and oxygen atoms in total. The molecule has 0 saturated heterocycles. The lowest BCUT2D eigenvalue weighted by Gasteiger charge is -2.13. The highest BCUT2D eigenvalue weighted by Crippen LogP contribution is 2.50. The summed E-state index contributed by atoms with van der Waals surface area (Å²) in [5.41, 5.74) is 0.00471. The van der Waals surface area contributed by atoms with Gasteiger partial charge in [-0.1, -0.05) is 5.21 Å². The molecule has 0 atom stereocenters. The van der Waals surface area contributed by atoms with Crippen molar-refractivity contribution in [2.45, 2.75) is 25.0 Å². The number of methoxy groups -OCH3 is 1. The number of carbonyl (C=O) groups is 1. The van der Waals surface area contributed by atoms with Gasteiger partial charge in [0, 0.05) is 13.2 Å². The predicted molar refractivity (Wildman–Crippen MR) is 66.8 cm³/mol. The Morgan fingerprint density at radius 3 is 2.68 bits per heavy atom. The van der Waals surface area contributed by atoms with Crippen LogP contribution in [0.5, 0.6) is 0 Å². The van der Waals surface area contributed by atoms with Crippen molar-refractivity contribution in [2.24, 2.45) is 12.5 Å². The Labute approximate surface area is 111 Å². The average Bonchev–Trinajstić information content (AvgIpc) is 2.91. The van der Waals surface area contributed by atoms with Gasteiger partial charge in [-0.05, 0) is 18.3 Å². The van der Waals surface area contributed by atoms with E-state index >= 15 is 0 Å². The van der Waals surface area contributed by atoms with Gasteiger partial charge in [-0.3, -0.25) is 9.48 Å². The molecular formula is C11H17N3O4S. The van der Waals surface area contributed by atoms with E-state index in [1.807, 2.05) is 0 Å². The Bertz CT molecular complexity index is 575. The summed E-state index contributed by atoms with van der Waals surface area (Å²) < 4.78 is 30.3. The standard InChI is InChI=1S/C11H17N3O4S/c1-14-6-9(12-13-14)7-19(16,17)8-11(3-4-11)5-10(15)18-2/h6H,3-5,7-8H2,1-2H3. The van der Waals surface area contributed by atoms with Gasteiger partial charge < -0.3 is 4.74 Å². The summed E-state index contributed by atoms with van der Waals surface area (Å²) in [4.78, 5) is 11.3. The Hall–Kier alpha value is -1.44. The number of aryl methyl sites for hydroxylation is 1. The van der Waals surface area contributed by atoms with E-state index in [0.717, 1.165) is 12.8 Å². The second-order valence-corrected chi connectivity index (χ2v) is 7.23. The Balaban J connectivity index is 1.99. The van der Waals surface area contributed by atoms with Crippen molar-refractivity contribution < 1.29 is 17.9 Å². The average molecular weight is 287 g/mol. The van der Waals surface area contributed by atoms with Gasteiger partial charge in [0.25, 0.3) is 0 Å². The molecule has 0 bridgehead atoms. The molecule has 1 aliphatic rings. The minimum absolute atomic E-state index is 0.00563. The minimum Gasteiger partial charge on any atom is -0.469 e. The van der Waals surface area contributed by atoms with Gasteiger partial charge in [0.05, 0.1) is 30.7 Å². The first kappa shape index (κ1) is 14.0. The molecule has 0 N–H and O–H groups in total. The summed E-state index contributed by atoms with van der Waals surface area (Å²) in [6.45, 7) is 0. The molecular weight excluding hydrogens is 270 g/mol. The van der Waals surface area contributed by atoms with E-state index in [1.54, 1.807) is 13.2 Å². The number of hydrogen-bond donors (Lipinski definition) is 0. The number of ether oxygens (including phenoxy) is 1. The maximum Gasteiger partial charge on any atom is 0.306 e. The van der Waals surface area contributed by atoms with Crippen molar-refractivity contribution in [2.75, 3.05) is 12.9 Å². The Morgan fingerprint density at radius 1 is 1.53 bits per heavy atom. The second kappa shape index (κ2) is 4.92. The topological polar surface area (TPSA) is 91.2 Å². The summed E-state index contributed by atoms with van der Waals surface area (Å²) in [5.74, 6) is -0.484. The van der Waals surface area contributed by atoms with E-state index in [4.69, 9.17) is 0 Å². The molecule has 0 aliphatic heterocycles. The van der Waals surface area contributed by atoms with Crippen LogP contribution in [0.1, 0.15) is 25.0 Å². The van der Waals surface area contributed by atoms with Crippen LogP contribution in [0.25, 0.3) is 0 Å². The molecule has 1 aromatic rings. The van der Waals surface area contributed by atoms with Gasteiger partial charge in [-0.25, -0.2) is 8.42 Å². The van der Waals surface area contributed by atoms with Gasteiger partial charge in [0.2, 0.25) is 0 Å². The number of rotatable bonds is 6. The molecule has 0 radical (unpaired) electrons. The van der Waals surface area contributed by atoms with Crippen molar-refractivity contribution in [3.63, 3.8) is 0 Å². The Kier molecular flexibility index (Phi) is 3.62. The maximum absolute atomic E-state index is 12.1. The molecule has 1 aliphatic carbocycles. The van der Waals surface area contributed by atoms with E-state index in [2.05, 4.69) is 15.0 Å². The number of hydrogen-bond acceptors (Lipinski definition) is 6. The van der Waals surface area contributed by atoms with Crippen molar-refractivity contribution in [1.29, 1.82) is 0 Å². The monoisotopic (exact) mass is 287 g/mol. The van der Waals surface area contributed by atoms with Crippen molar-refractivity contribution in [3.8, 4) is 0 Å². The van der Waals surface area contributed by atoms with Crippen LogP contribution < -0.4 is 0 Å². The molecule has 2 rings (SSSR count). The number of sulfone groups is 1. The Morgan fingerprint density at radius 2 is 2.21 bits per heavy atom. The summed E-state index contributed by atoms with van der Waals surface area (Å²) in [6, 6.07) is 0. The highest BCUT2D eigenvalue weighted by Gasteiger charge is 2.47. The molecule has 0 unspecified atom stereocenters. The summed E-state index contributed by atoms with van der Waals surface area (Å²) in [5, 5.41) is 7.47. The summed E-state index contributed by atoms with van der Waals surface area (Å²) >= 11 is 0. The van der Waals surface area contributed by atoms with E-state index in [0.29, 0.717) is 5.69 Å². The van der Waals surface area contributed by atoms with Crippen LogP contribution in [-0.4, -0.2) is 42.2 Å². The molecule has 0 amide bonds. The second-order valence-electron chi connectivity index (χ2n) is 5.17. The van der Waals surface area contributed by atoms with Crippen LogP contribution in [0, 0.1) is 5.41 Å². The van der Waals surface area contributed by atoms with E-state index in [1.165, 1.54) is 11.8 Å². The zero-order chi connectivity index (χ0) is 14.1. The zero-order valence-electron chi connectivity index (χ0n) is 11.0. The fourth-order valence-corrected chi connectivity index (χ4v) is 4.14. The fraction of sp³-hybridized carbons (Fsp3) is 0.727. The molecule has 19 heavy (non-hydrogen) atoms. The molecule has 1 aromatic heterocycles. The quantitative estimate of drug-likeness (QED) is 0.688. The molecule has 106 valence electrons. The van der Waals surface area contributed by atoms with Crippen LogP contribution >= 0.6 is 0 Å². The molecule has 8 heteroatoms. The van der Waals surface area contributed by atoms with Gasteiger partial charge in [0.1, 0.15) is 0 Å². The molecule has 1 heterocycles. The lowest BCUT2D eigenvalue weighted by Crippen LogP contribution is -2.22. The van der Waals surface area contributed by atoms with Crippen molar-refractivity contribution in [3.05, 3.63) is 11.9 Å². The smallest absolute Gasteiger partial charge is 0.306 e. The van der Waals surface area contributed by atoms with Crippen LogP contribution in [0.4, 0.5) is 0 Å². The first-order valence-corrected chi connectivity index (χ1v) is 7.79. The SMILES string of the molecule is COC(=O)CC1(CS(=O)(=O)Cc2cn(C)nn2)CC1. The minimum atomic E-state index is -3.29. The third-order valence-corrected chi connectivity index (χ3v) is 5.04. The first-order valence-electron chi connectivity index (χ1n) is 5.97. The first-order chi connectivity index (χ1) is 8.84. The lowest BCUT2D eigenvalue weighted by atomic mass is 10.1. The summed E-state index contributed by atoms with van der Waals surface area (Å²) in [6.07, 6.45) is 3.25. The highest BCUT2D eigenvalue weighted by atomic mass is 32.2. The summed E-state index contributed by atoms with van der Waals surface area (Å²) in [7, 11) is -0.299. The number of nitrogens with zero attached hydrogens (tertiary/aromatic N) is 3. The fourth-order valence-electron chi connectivity index (χ4n) is 2.13. The number of esters is 1. The van der Waals surface area contributed by atoms with Crippen molar-refractivity contribution in [1.82, 2.24) is 15.0 Å². The zero-order valence-corrected chi connectivity index (χ0v) is 11.8. The van der Waals surface area contributed by atoms with E-state index < -0.39 is 15.3 Å². The van der Waals surface area contributed by atoms with Crippen LogP contribution in [-0.2, 0) is 32.2 Å². The van der Waals surface area contributed by atoms with E-state index in [9.17, 15) is 13.2 Å². The van der Waals surface area contributed by atoms with Gasteiger partial charge in [-0.2, -0.15) is 0 Å². The van der Waals surface area contributed by atoms with Gasteiger partial charge >= 0.3 is 5.97 Å². The van der Waals surface area contributed by atoms with Crippen LogP contribution in [0.3, 0.4) is 0 Å². The number of aromatic nitrogens is 3. The maximum atomic E-state index is 12.1. The van der Waals surface area contributed by atoms with Crippen molar-refractivity contribution >= 4 is 15.8 Å². The molecule has 0 aromatic carbocycles. The third kappa shape index (κ3) is 3.76.